The van der Waals surface area contributed by atoms with Crippen molar-refractivity contribution in [2.75, 3.05) is 14.2 Å². The summed E-state index contributed by atoms with van der Waals surface area (Å²) in [6.45, 7) is 0.945. The highest BCUT2D eigenvalue weighted by molar-refractivity contribution is 6.30. The molecule has 0 unspecified atom stereocenters. The van der Waals surface area contributed by atoms with Crippen LogP contribution in [0.3, 0.4) is 0 Å². The van der Waals surface area contributed by atoms with Gasteiger partial charge in [-0.15, -0.1) is 0 Å². The molecule has 0 amide bonds. The van der Waals surface area contributed by atoms with Crippen molar-refractivity contribution >= 4 is 11.6 Å². The molecule has 2 aromatic carbocycles. The third-order valence-electron chi connectivity index (χ3n) is 3.13. The third kappa shape index (κ3) is 4.09. The Labute approximate surface area is 128 Å². The van der Waals surface area contributed by atoms with E-state index < -0.39 is 0 Å². The average Bonchev–Trinajstić information content (AvgIpc) is 2.50. The van der Waals surface area contributed by atoms with Crippen molar-refractivity contribution in [1.29, 1.82) is 0 Å². The Morgan fingerprint density at radius 1 is 1.00 bits per heavy atom. The summed E-state index contributed by atoms with van der Waals surface area (Å²) >= 11 is 5.87. The van der Waals surface area contributed by atoms with Crippen LogP contribution in [-0.4, -0.2) is 14.2 Å². The Bertz CT molecular complexity index is 619. The van der Waals surface area contributed by atoms with Gasteiger partial charge in [0.2, 0.25) is 0 Å². The van der Waals surface area contributed by atoms with Crippen molar-refractivity contribution in [3.8, 4) is 11.5 Å². The van der Waals surface area contributed by atoms with Gasteiger partial charge in [-0.05, 0) is 24.3 Å². The summed E-state index contributed by atoms with van der Waals surface area (Å²) in [4.78, 5) is 0. The van der Waals surface area contributed by atoms with Gasteiger partial charge in [-0.25, -0.2) is 4.39 Å². The van der Waals surface area contributed by atoms with Crippen LogP contribution in [0, 0.1) is 5.82 Å². The second-order valence-corrected chi connectivity index (χ2v) is 4.95. The zero-order chi connectivity index (χ0) is 15.2. The maximum atomic E-state index is 13.6. The number of rotatable bonds is 6. The fraction of sp³-hybridized carbons (Fsp3) is 0.250. The van der Waals surface area contributed by atoms with Gasteiger partial charge in [-0.3, -0.25) is 0 Å². The first kappa shape index (κ1) is 15.6. The van der Waals surface area contributed by atoms with Crippen molar-refractivity contribution in [2.45, 2.75) is 13.1 Å². The highest BCUT2D eigenvalue weighted by Crippen LogP contribution is 2.24. The summed E-state index contributed by atoms with van der Waals surface area (Å²) in [6.07, 6.45) is 0. The first-order chi connectivity index (χ1) is 10.1. The van der Waals surface area contributed by atoms with Crippen molar-refractivity contribution < 1.29 is 13.9 Å². The molecule has 2 rings (SSSR count). The van der Waals surface area contributed by atoms with Gasteiger partial charge in [0, 0.05) is 35.3 Å². The van der Waals surface area contributed by atoms with Crippen LogP contribution in [0.5, 0.6) is 11.5 Å². The zero-order valence-corrected chi connectivity index (χ0v) is 12.7. The molecule has 0 saturated heterocycles. The summed E-state index contributed by atoms with van der Waals surface area (Å²) in [7, 11) is 3.21. The van der Waals surface area contributed by atoms with Gasteiger partial charge in [0.1, 0.15) is 17.3 Å². The van der Waals surface area contributed by atoms with Crippen LogP contribution in [0.25, 0.3) is 0 Å². The number of ether oxygens (including phenoxy) is 2. The Balaban J connectivity index is 2.01. The summed E-state index contributed by atoms with van der Waals surface area (Å²) < 4.78 is 24.1. The van der Waals surface area contributed by atoms with Crippen LogP contribution in [0.15, 0.2) is 36.4 Å². The van der Waals surface area contributed by atoms with E-state index in [0.717, 1.165) is 17.1 Å². The molecule has 2 aromatic rings. The molecule has 0 spiro atoms. The van der Waals surface area contributed by atoms with Gasteiger partial charge in [-0.1, -0.05) is 17.7 Å². The maximum Gasteiger partial charge on any atom is 0.127 e. The molecule has 21 heavy (non-hydrogen) atoms. The number of nitrogens with one attached hydrogen (secondary N) is 1. The van der Waals surface area contributed by atoms with E-state index in [-0.39, 0.29) is 5.82 Å². The normalized spacial score (nSPS) is 10.5. The predicted molar refractivity (Wildman–Crippen MR) is 81.5 cm³/mol. The Morgan fingerprint density at radius 3 is 2.48 bits per heavy atom. The minimum Gasteiger partial charge on any atom is -0.497 e. The maximum absolute atomic E-state index is 13.6. The van der Waals surface area contributed by atoms with E-state index in [4.69, 9.17) is 21.1 Å². The topological polar surface area (TPSA) is 30.5 Å². The minimum absolute atomic E-state index is 0.270. The lowest BCUT2D eigenvalue weighted by Gasteiger charge is -2.11. The molecular formula is C16H17ClFNO2. The van der Waals surface area contributed by atoms with E-state index >= 15 is 0 Å². The standard InChI is InChI=1S/C16H17ClFNO2/c1-20-14-5-3-11(16(8-14)21-2)9-19-10-12-7-13(17)4-6-15(12)18/h3-8,19H,9-10H2,1-2H3. The number of halogens is 2. The lowest BCUT2D eigenvalue weighted by molar-refractivity contribution is 0.389. The highest BCUT2D eigenvalue weighted by Gasteiger charge is 2.06. The first-order valence-electron chi connectivity index (χ1n) is 6.49. The molecule has 0 aliphatic carbocycles. The summed E-state index contributed by atoms with van der Waals surface area (Å²) in [6, 6.07) is 10.1. The molecule has 112 valence electrons. The Morgan fingerprint density at radius 2 is 1.76 bits per heavy atom. The predicted octanol–water partition coefficient (Wildman–Crippen LogP) is 3.79. The molecular weight excluding hydrogens is 293 g/mol. The Kier molecular flexibility index (Phi) is 5.42. The van der Waals surface area contributed by atoms with E-state index in [1.807, 2.05) is 18.2 Å². The SMILES string of the molecule is COc1ccc(CNCc2cc(Cl)ccc2F)c(OC)c1. The fourth-order valence-electron chi connectivity index (χ4n) is 2.01. The molecule has 0 aromatic heterocycles. The van der Waals surface area contributed by atoms with E-state index in [1.54, 1.807) is 20.3 Å². The van der Waals surface area contributed by atoms with Gasteiger partial charge in [0.25, 0.3) is 0 Å². The second kappa shape index (κ2) is 7.29. The molecule has 0 saturated carbocycles. The molecule has 0 heterocycles. The quantitative estimate of drug-likeness (QED) is 0.880. The Hall–Kier alpha value is -1.78. The third-order valence-corrected chi connectivity index (χ3v) is 3.37. The zero-order valence-electron chi connectivity index (χ0n) is 12.0. The van der Waals surface area contributed by atoms with E-state index in [1.165, 1.54) is 12.1 Å². The fourth-order valence-corrected chi connectivity index (χ4v) is 2.20. The van der Waals surface area contributed by atoms with Crippen LogP contribution in [0.4, 0.5) is 4.39 Å². The van der Waals surface area contributed by atoms with Crippen molar-refractivity contribution in [2.24, 2.45) is 0 Å². The van der Waals surface area contributed by atoms with Gasteiger partial charge >= 0.3 is 0 Å². The van der Waals surface area contributed by atoms with E-state index in [9.17, 15) is 4.39 Å². The van der Waals surface area contributed by atoms with Crippen LogP contribution in [-0.2, 0) is 13.1 Å². The van der Waals surface area contributed by atoms with Gasteiger partial charge in [-0.2, -0.15) is 0 Å². The lowest BCUT2D eigenvalue weighted by Crippen LogP contribution is -2.14. The molecule has 0 fully saturated rings. The molecule has 0 aliphatic rings. The second-order valence-electron chi connectivity index (χ2n) is 4.52. The average molecular weight is 310 g/mol. The number of methoxy groups -OCH3 is 2. The molecule has 5 heteroatoms. The highest BCUT2D eigenvalue weighted by atomic mass is 35.5. The molecule has 0 bridgehead atoms. The van der Waals surface area contributed by atoms with Gasteiger partial charge in [0.15, 0.2) is 0 Å². The molecule has 0 aliphatic heterocycles. The number of benzene rings is 2. The van der Waals surface area contributed by atoms with Crippen LogP contribution >= 0.6 is 11.6 Å². The molecule has 3 nitrogen and oxygen atoms in total. The van der Waals surface area contributed by atoms with Crippen molar-refractivity contribution in [3.63, 3.8) is 0 Å². The van der Waals surface area contributed by atoms with E-state index in [0.29, 0.717) is 23.7 Å². The first-order valence-corrected chi connectivity index (χ1v) is 6.87. The van der Waals surface area contributed by atoms with Crippen molar-refractivity contribution in [1.82, 2.24) is 5.32 Å². The minimum atomic E-state index is -0.270. The van der Waals surface area contributed by atoms with Crippen molar-refractivity contribution in [3.05, 3.63) is 58.4 Å². The molecule has 1 N–H and O–H groups in total. The summed E-state index contributed by atoms with van der Waals surface area (Å²) in [5, 5.41) is 3.70. The van der Waals surface area contributed by atoms with Crippen LogP contribution < -0.4 is 14.8 Å². The van der Waals surface area contributed by atoms with Crippen LogP contribution in [0.2, 0.25) is 5.02 Å². The smallest absolute Gasteiger partial charge is 0.127 e. The molecule has 0 radical (unpaired) electrons. The van der Waals surface area contributed by atoms with Crippen LogP contribution in [0.1, 0.15) is 11.1 Å². The molecule has 0 atom stereocenters. The van der Waals surface area contributed by atoms with E-state index in [2.05, 4.69) is 5.32 Å². The summed E-state index contributed by atoms with van der Waals surface area (Å²) in [5.74, 6) is 1.19. The monoisotopic (exact) mass is 309 g/mol. The largest absolute Gasteiger partial charge is 0.497 e. The van der Waals surface area contributed by atoms with Gasteiger partial charge < -0.3 is 14.8 Å². The number of hydrogen-bond donors (Lipinski definition) is 1. The lowest BCUT2D eigenvalue weighted by atomic mass is 10.1. The van der Waals surface area contributed by atoms with Gasteiger partial charge in [0.05, 0.1) is 14.2 Å². The number of hydrogen-bond acceptors (Lipinski definition) is 3. The summed E-state index contributed by atoms with van der Waals surface area (Å²) in [5.41, 5.74) is 1.51.